The molecule has 2 aromatic rings. The van der Waals surface area contributed by atoms with Crippen molar-refractivity contribution < 1.29 is 8.42 Å². The minimum atomic E-state index is -3.47. The van der Waals surface area contributed by atoms with Gasteiger partial charge in [0.1, 0.15) is 0 Å². The molecule has 0 unspecified atom stereocenters. The lowest BCUT2D eigenvalue weighted by Gasteiger charge is -2.21. The van der Waals surface area contributed by atoms with E-state index in [4.69, 9.17) is 0 Å². The summed E-state index contributed by atoms with van der Waals surface area (Å²) in [6.07, 6.45) is 0. The van der Waals surface area contributed by atoms with Crippen molar-refractivity contribution in [2.45, 2.75) is 24.8 Å². The van der Waals surface area contributed by atoms with E-state index in [1.165, 1.54) is 0 Å². The highest BCUT2D eigenvalue weighted by Crippen LogP contribution is 2.27. The molecule has 0 bridgehead atoms. The molecule has 0 aliphatic rings. The van der Waals surface area contributed by atoms with E-state index in [1.807, 2.05) is 31.4 Å². The third-order valence-corrected chi connectivity index (χ3v) is 5.26. The van der Waals surface area contributed by atoms with Crippen LogP contribution < -0.4 is 4.72 Å². The zero-order valence-corrected chi connectivity index (χ0v) is 12.5. The highest BCUT2D eigenvalue weighted by molar-refractivity contribution is 7.89. The van der Waals surface area contributed by atoms with Gasteiger partial charge in [-0.2, -0.15) is 0 Å². The number of sulfonamides is 1. The Morgan fingerprint density at radius 3 is 2.26 bits per heavy atom. The van der Waals surface area contributed by atoms with Gasteiger partial charge in [0.25, 0.3) is 0 Å². The summed E-state index contributed by atoms with van der Waals surface area (Å²) in [6.45, 7) is 4.02. The highest BCUT2D eigenvalue weighted by atomic mass is 32.2. The molecular weight excluding hydrogens is 278 g/mol. The number of thiophene rings is 1. The Morgan fingerprint density at radius 1 is 1.05 bits per heavy atom. The van der Waals surface area contributed by atoms with Crippen molar-refractivity contribution in [2.24, 2.45) is 5.92 Å². The molecule has 0 fully saturated rings. The molecule has 5 heteroatoms. The first-order chi connectivity index (χ1) is 9.00. The smallest absolute Gasteiger partial charge is 0.207 e. The second-order valence-electron chi connectivity index (χ2n) is 4.67. The summed E-state index contributed by atoms with van der Waals surface area (Å²) in [4.78, 5) is 1.34. The van der Waals surface area contributed by atoms with E-state index in [9.17, 15) is 8.42 Å². The maximum Gasteiger partial charge on any atom is 0.241 e. The molecule has 1 atom stereocenters. The van der Waals surface area contributed by atoms with Gasteiger partial charge in [-0.3, -0.25) is 0 Å². The lowest BCUT2D eigenvalue weighted by Crippen LogP contribution is -2.31. The van der Waals surface area contributed by atoms with Gasteiger partial charge < -0.3 is 0 Å². The Kier molecular flexibility index (Phi) is 4.39. The average Bonchev–Trinajstić information content (AvgIpc) is 2.90. The van der Waals surface area contributed by atoms with Crippen LogP contribution in [0.25, 0.3) is 0 Å². The molecule has 2 rings (SSSR count). The molecule has 19 heavy (non-hydrogen) atoms. The minimum Gasteiger partial charge on any atom is -0.207 e. The number of rotatable bonds is 5. The molecule has 1 aromatic heterocycles. The standard InChI is InChI=1S/C14H17NO2S2/c1-11(2)14(13-9-6-10-18-13)15-19(16,17)12-7-4-3-5-8-12/h3-11,14-15H,1-2H3/t14-/m1/s1. The van der Waals surface area contributed by atoms with Crippen LogP contribution in [0.15, 0.2) is 52.7 Å². The van der Waals surface area contributed by atoms with Gasteiger partial charge in [0.15, 0.2) is 0 Å². The first-order valence-corrected chi connectivity index (χ1v) is 8.48. The SMILES string of the molecule is CC(C)[C@@H](NS(=O)(=O)c1ccccc1)c1cccs1. The first kappa shape index (κ1) is 14.2. The molecule has 0 aliphatic heterocycles. The van der Waals surface area contributed by atoms with E-state index >= 15 is 0 Å². The van der Waals surface area contributed by atoms with Crippen molar-refractivity contribution in [3.63, 3.8) is 0 Å². The summed E-state index contributed by atoms with van der Waals surface area (Å²) in [7, 11) is -3.47. The van der Waals surface area contributed by atoms with Crippen molar-refractivity contribution in [3.05, 3.63) is 52.7 Å². The fraction of sp³-hybridized carbons (Fsp3) is 0.286. The Morgan fingerprint density at radius 2 is 1.74 bits per heavy atom. The predicted octanol–water partition coefficient (Wildman–Crippen LogP) is 3.42. The molecule has 0 aliphatic carbocycles. The van der Waals surface area contributed by atoms with Crippen LogP contribution in [0.1, 0.15) is 24.8 Å². The van der Waals surface area contributed by atoms with Gasteiger partial charge in [-0.25, -0.2) is 13.1 Å². The summed E-state index contributed by atoms with van der Waals surface area (Å²) in [5, 5.41) is 1.96. The molecule has 1 aromatic carbocycles. The van der Waals surface area contributed by atoms with Crippen LogP contribution in [0.2, 0.25) is 0 Å². The Bertz CT molecular complexity index is 604. The zero-order chi connectivity index (χ0) is 13.9. The largest absolute Gasteiger partial charge is 0.241 e. The van der Waals surface area contributed by atoms with Crippen LogP contribution in [0, 0.1) is 5.92 Å². The van der Waals surface area contributed by atoms with Gasteiger partial charge in [0, 0.05) is 4.88 Å². The van der Waals surface area contributed by atoms with Crippen LogP contribution in [0.5, 0.6) is 0 Å². The van der Waals surface area contributed by atoms with Crippen molar-refractivity contribution in [1.29, 1.82) is 0 Å². The molecule has 0 amide bonds. The normalized spacial score (nSPS) is 13.6. The zero-order valence-electron chi connectivity index (χ0n) is 10.9. The Labute approximate surface area is 118 Å². The summed E-state index contributed by atoms with van der Waals surface area (Å²) in [6, 6.07) is 12.2. The third kappa shape index (κ3) is 3.43. The maximum absolute atomic E-state index is 12.3. The van der Waals surface area contributed by atoms with Crippen molar-refractivity contribution in [1.82, 2.24) is 4.72 Å². The van der Waals surface area contributed by atoms with Gasteiger partial charge in [-0.05, 0) is 29.5 Å². The molecule has 3 nitrogen and oxygen atoms in total. The van der Waals surface area contributed by atoms with E-state index in [-0.39, 0.29) is 12.0 Å². The fourth-order valence-corrected chi connectivity index (χ4v) is 4.23. The highest BCUT2D eigenvalue weighted by Gasteiger charge is 2.24. The summed E-state index contributed by atoms with van der Waals surface area (Å²) < 4.78 is 27.5. The molecule has 1 heterocycles. The van der Waals surface area contributed by atoms with E-state index in [0.29, 0.717) is 4.90 Å². The van der Waals surface area contributed by atoms with Gasteiger partial charge in [0.2, 0.25) is 10.0 Å². The number of nitrogens with one attached hydrogen (secondary N) is 1. The van der Waals surface area contributed by atoms with Crippen molar-refractivity contribution in [3.8, 4) is 0 Å². The fourth-order valence-electron chi connectivity index (χ4n) is 1.83. The van der Waals surface area contributed by atoms with Gasteiger partial charge >= 0.3 is 0 Å². The number of benzene rings is 1. The number of hydrogen-bond acceptors (Lipinski definition) is 3. The van der Waals surface area contributed by atoms with Gasteiger partial charge in [-0.15, -0.1) is 11.3 Å². The number of hydrogen-bond donors (Lipinski definition) is 1. The monoisotopic (exact) mass is 295 g/mol. The molecule has 0 saturated carbocycles. The average molecular weight is 295 g/mol. The van der Waals surface area contributed by atoms with Gasteiger partial charge in [-0.1, -0.05) is 38.1 Å². The van der Waals surface area contributed by atoms with Crippen LogP contribution in [0.4, 0.5) is 0 Å². The minimum absolute atomic E-state index is 0.190. The third-order valence-electron chi connectivity index (χ3n) is 2.85. The van der Waals surface area contributed by atoms with E-state index in [0.717, 1.165) is 4.88 Å². The molecule has 0 saturated heterocycles. The van der Waals surface area contributed by atoms with Crippen LogP contribution in [-0.4, -0.2) is 8.42 Å². The van der Waals surface area contributed by atoms with Crippen LogP contribution >= 0.6 is 11.3 Å². The lowest BCUT2D eigenvalue weighted by atomic mass is 10.0. The quantitative estimate of drug-likeness (QED) is 0.918. The molecule has 0 radical (unpaired) electrons. The topological polar surface area (TPSA) is 46.2 Å². The van der Waals surface area contributed by atoms with Crippen molar-refractivity contribution >= 4 is 21.4 Å². The van der Waals surface area contributed by atoms with Gasteiger partial charge in [0.05, 0.1) is 10.9 Å². The Hall–Kier alpha value is -1.17. The maximum atomic E-state index is 12.3. The van der Waals surface area contributed by atoms with E-state index in [1.54, 1.807) is 41.7 Å². The molecule has 102 valence electrons. The second-order valence-corrected chi connectivity index (χ2v) is 7.36. The predicted molar refractivity (Wildman–Crippen MR) is 78.7 cm³/mol. The lowest BCUT2D eigenvalue weighted by molar-refractivity contribution is 0.469. The second kappa shape index (κ2) is 5.86. The molecule has 0 spiro atoms. The Balaban J connectivity index is 2.28. The van der Waals surface area contributed by atoms with Crippen LogP contribution in [-0.2, 0) is 10.0 Å². The van der Waals surface area contributed by atoms with Crippen molar-refractivity contribution in [2.75, 3.05) is 0 Å². The molecular formula is C14H17NO2S2. The summed E-state index contributed by atoms with van der Waals surface area (Å²) >= 11 is 1.57. The first-order valence-electron chi connectivity index (χ1n) is 6.11. The van der Waals surface area contributed by atoms with E-state index in [2.05, 4.69) is 4.72 Å². The van der Waals surface area contributed by atoms with E-state index < -0.39 is 10.0 Å². The van der Waals surface area contributed by atoms with Crippen LogP contribution in [0.3, 0.4) is 0 Å². The summed E-state index contributed by atoms with van der Waals surface area (Å²) in [5.74, 6) is 0.192. The molecule has 1 N–H and O–H groups in total. The summed E-state index contributed by atoms with van der Waals surface area (Å²) in [5.41, 5.74) is 0.